The molecule has 2 N–H and O–H groups in total. The van der Waals surface area contributed by atoms with Crippen LogP contribution < -0.4 is 10.6 Å². The second-order valence-electron chi connectivity index (χ2n) is 9.23. The molecule has 1 atom stereocenters. The highest BCUT2D eigenvalue weighted by molar-refractivity contribution is 6.08. The van der Waals surface area contributed by atoms with Gasteiger partial charge in [-0.2, -0.15) is 0 Å². The zero-order valence-corrected chi connectivity index (χ0v) is 19.7. The van der Waals surface area contributed by atoms with E-state index in [1.54, 1.807) is 19.1 Å². The Bertz CT molecular complexity index is 850. The van der Waals surface area contributed by atoms with Crippen molar-refractivity contribution in [2.75, 3.05) is 18.5 Å². The maximum absolute atomic E-state index is 13.1. The molecule has 1 fully saturated rings. The van der Waals surface area contributed by atoms with Crippen LogP contribution in [-0.2, 0) is 19.1 Å². The number of nitrogens with zero attached hydrogens (tertiary/aromatic N) is 1. The number of hydrogen-bond acceptors (Lipinski definition) is 6. The van der Waals surface area contributed by atoms with Gasteiger partial charge in [0.05, 0.1) is 5.60 Å². The molecule has 32 heavy (non-hydrogen) atoms. The maximum Gasteiger partial charge on any atom is 0.261 e. The van der Waals surface area contributed by atoms with E-state index in [1.165, 1.54) is 0 Å². The zero-order valence-electron chi connectivity index (χ0n) is 19.7. The van der Waals surface area contributed by atoms with E-state index in [0.717, 1.165) is 30.0 Å². The summed E-state index contributed by atoms with van der Waals surface area (Å²) in [7, 11) is 0. The fourth-order valence-electron chi connectivity index (χ4n) is 3.55. The molecule has 8 heteroatoms. The van der Waals surface area contributed by atoms with Crippen LogP contribution in [-0.4, -0.2) is 53.8 Å². The number of amides is 4. The highest BCUT2D eigenvalue weighted by atomic mass is 16.5. The molecule has 0 aliphatic carbocycles. The number of carbonyl (C=O) groups excluding carboxylic acids is 4. The lowest BCUT2D eigenvalue weighted by atomic mass is 10.0. The molecule has 4 amide bonds. The van der Waals surface area contributed by atoms with Crippen LogP contribution in [0, 0.1) is 12.8 Å². The molecule has 1 heterocycles. The summed E-state index contributed by atoms with van der Waals surface area (Å²) in [6.07, 6.45) is 2.36. The second kappa shape index (κ2) is 11.2. The molecule has 8 nitrogen and oxygen atoms in total. The van der Waals surface area contributed by atoms with Gasteiger partial charge in [-0.25, -0.2) is 0 Å². The van der Waals surface area contributed by atoms with Crippen molar-refractivity contribution in [1.82, 2.24) is 10.2 Å². The van der Waals surface area contributed by atoms with E-state index in [4.69, 9.17) is 4.74 Å². The molecule has 0 bridgehead atoms. The first-order valence-electron chi connectivity index (χ1n) is 11.1. The number of benzene rings is 1. The molecule has 1 aliphatic heterocycles. The zero-order chi connectivity index (χ0) is 23.9. The molecule has 0 radical (unpaired) electrons. The third-order valence-corrected chi connectivity index (χ3v) is 5.69. The van der Waals surface area contributed by atoms with Crippen LogP contribution in [0.4, 0.5) is 5.69 Å². The Morgan fingerprint density at radius 1 is 1.34 bits per heavy atom. The molecule has 0 aromatic heterocycles. The van der Waals surface area contributed by atoms with E-state index in [0.29, 0.717) is 30.0 Å². The molecule has 1 aliphatic rings. The van der Waals surface area contributed by atoms with Crippen molar-refractivity contribution < 1.29 is 23.9 Å². The first kappa shape index (κ1) is 25.5. The highest BCUT2D eigenvalue weighted by Gasteiger charge is 2.35. The largest absolute Gasteiger partial charge is 0.385 e. The van der Waals surface area contributed by atoms with E-state index >= 15 is 0 Å². The number of ether oxygens (including phenoxy) is 1. The molecule has 2 rings (SSSR count). The third-order valence-electron chi connectivity index (χ3n) is 5.69. The van der Waals surface area contributed by atoms with Gasteiger partial charge in [-0.1, -0.05) is 19.9 Å². The van der Waals surface area contributed by atoms with Gasteiger partial charge in [0, 0.05) is 30.8 Å². The van der Waals surface area contributed by atoms with Crippen molar-refractivity contribution in [2.24, 2.45) is 5.92 Å². The van der Waals surface area contributed by atoms with Crippen LogP contribution in [0.15, 0.2) is 18.2 Å². The number of carbonyl (C=O) groups is 4. The summed E-state index contributed by atoms with van der Waals surface area (Å²) in [4.78, 5) is 49.1. The Balaban J connectivity index is 2.04. The first-order chi connectivity index (χ1) is 15.1. The Morgan fingerprint density at radius 2 is 2.06 bits per heavy atom. The fraction of sp³-hybridized carbons (Fsp3) is 0.583. The van der Waals surface area contributed by atoms with Crippen LogP contribution in [0.2, 0.25) is 0 Å². The minimum absolute atomic E-state index is 0.0869. The normalized spacial score (nSPS) is 16.6. The van der Waals surface area contributed by atoms with Gasteiger partial charge in [-0.3, -0.25) is 29.4 Å². The first-order valence-corrected chi connectivity index (χ1v) is 11.1. The summed E-state index contributed by atoms with van der Waals surface area (Å²) in [5, 5.41) is 5.54. The van der Waals surface area contributed by atoms with Crippen molar-refractivity contribution in [3.63, 3.8) is 0 Å². The topological polar surface area (TPSA) is 105 Å². The summed E-state index contributed by atoms with van der Waals surface area (Å²) in [5.41, 5.74) is 1.53. The van der Waals surface area contributed by atoms with E-state index < -0.39 is 23.8 Å². The minimum atomic E-state index is -0.988. The van der Waals surface area contributed by atoms with E-state index in [1.807, 2.05) is 6.07 Å². The van der Waals surface area contributed by atoms with E-state index in [-0.39, 0.29) is 18.4 Å². The molecular formula is C24H35N3O5. The van der Waals surface area contributed by atoms with E-state index in [9.17, 15) is 19.2 Å². The van der Waals surface area contributed by atoms with Crippen LogP contribution in [0.25, 0.3) is 0 Å². The summed E-state index contributed by atoms with van der Waals surface area (Å²) in [5.74, 6) is -0.998. The molecule has 1 saturated heterocycles. The monoisotopic (exact) mass is 445 g/mol. The SMILES string of the molecule is Cc1c(NCCC(C)(C)OCCC(C)C)cccc1C(=O)N(C=O)C1CCC(=O)NC1=O. The van der Waals surface area contributed by atoms with Crippen molar-refractivity contribution in [3.8, 4) is 0 Å². The lowest BCUT2D eigenvalue weighted by Crippen LogP contribution is -2.53. The molecule has 1 aromatic carbocycles. The van der Waals surface area contributed by atoms with Crippen LogP contribution in [0.3, 0.4) is 0 Å². The van der Waals surface area contributed by atoms with Crippen molar-refractivity contribution >= 4 is 29.8 Å². The van der Waals surface area contributed by atoms with Crippen molar-refractivity contribution in [3.05, 3.63) is 29.3 Å². The number of imide groups is 2. The van der Waals surface area contributed by atoms with Crippen LogP contribution >= 0.6 is 0 Å². The number of nitrogens with one attached hydrogen (secondary N) is 2. The van der Waals surface area contributed by atoms with Crippen molar-refractivity contribution in [2.45, 2.75) is 71.9 Å². The number of anilines is 1. The fourth-order valence-corrected chi connectivity index (χ4v) is 3.55. The molecular weight excluding hydrogens is 410 g/mol. The Labute approximate surface area is 190 Å². The summed E-state index contributed by atoms with van der Waals surface area (Å²) in [6, 6.07) is 4.25. The Kier molecular flexibility index (Phi) is 8.95. The lowest BCUT2D eigenvalue weighted by Gasteiger charge is -2.29. The molecule has 1 unspecified atom stereocenters. The quantitative estimate of drug-likeness (QED) is 0.401. The maximum atomic E-state index is 13.1. The number of piperidine rings is 1. The standard InChI is InChI=1S/C24H35N3O5/c1-16(2)11-14-32-24(4,5)12-13-25-19-8-6-7-18(17(19)3)23(31)27(15-28)20-9-10-21(29)26-22(20)30/h6-8,15-16,20,25H,9-14H2,1-5H3,(H,26,29,30). The van der Waals surface area contributed by atoms with Gasteiger partial charge in [0.25, 0.3) is 5.91 Å². The predicted molar refractivity (Wildman–Crippen MR) is 122 cm³/mol. The number of rotatable bonds is 11. The second-order valence-corrected chi connectivity index (χ2v) is 9.23. The average Bonchev–Trinajstić information content (AvgIpc) is 2.70. The third kappa shape index (κ3) is 6.88. The van der Waals surface area contributed by atoms with Crippen molar-refractivity contribution in [1.29, 1.82) is 0 Å². The Morgan fingerprint density at radius 3 is 2.69 bits per heavy atom. The van der Waals surface area contributed by atoms with Gasteiger partial charge < -0.3 is 10.1 Å². The van der Waals surface area contributed by atoms with Crippen LogP contribution in [0.5, 0.6) is 0 Å². The van der Waals surface area contributed by atoms with Gasteiger partial charge >= 0.3 is 0 Å². The molecule has 1 aromatic rings. The number of hydrogen-bond donors (Lipinski definition) is 2. The summed E-state index contributed by atoms with van der Waals surface area (Å²) in [6.45, 7) is 11.6. The smallest absolute Gasteiger partial charge is 0.261 e. The lowest BCUT2D eigenvalue weighted by molar-refractivity contribution is -0.139. The van der Waals surface area contributed by atoms with Gasteiger partial charge in [0.15, 0.2) is 0 Å². The molecule has 176 valence electrons. The predicted octanol–water partition coefficient (Wildman–Crippen LogP) is 3.04. The average molecular weight is 446 g/mol. The minimum Gasteiger partial charge on any atom is -0.385 e. The molecule has 0 spiro atoms. The van der Waals surface area contributed by atoms with Gasteiger partial charge in [0.2, 0.25) is 18.2 Å². The van der Waals surface area contributed by atoms with Gasteiger partial charge in [-0.15, -0.1) is 0 Å². The van der Waals surface area contributed by atoms with Gasteiger partial charge in [0.1, 0.15) is 6.04 Å². The van der Waals surface area contributed by atoms with Crippen LogP contribution in [0.1, 0.15) is 69.3 Å². The summed E-state index contributed by atoms with van der Waals surface area (Å²) < 4.78 is 6.00. The summed E-state index contributed by atoms with van der Waals surface area (Å²) >= 11 is 0. The van der Waals surface area contributed by atoms with E-state index in [2.05, 4.69) is 38.3 Å². The highest BCUT2D eigenvalue weighted by Crippen LogP contribution is 2.23. The Hall–Kier alpha value is -2.74. The van der Waals surface area contributed by atoms with Gasteiger partial charge in [-0.05, 0) is 63.6 Å². The molecule has 0 saturated carbocycles.